The summed E-state index contributed by atoms with van der Waals surface area (Å²) in [5.74, 6) is -1.38. The van der Waals surface area contributed by atoms with E-state index >= 15 is 0 Å². The molecule has 25 heavy (non-hydrogen) atoms. The molecule has 1 heterocycles. The predicted octanol–water partition coefficient (Wildman–Crippen LogP) is 1.85. The number of benzene rings is 1. The van der Waals surface area contributed by atoms with Crippen LogP contribution in [0.3, 0.4) is 0 Å². The lowest BCUT2D eigenvalue weighted by molar-refractivity contribution is -0.157. The molecule has 0 aromatic heterocycles. The summed E-state index contributed by atoms with van der Waals surface area (Å²) in [6.07, 6.45) is 0.767. The van der Waals surface area contributed by atoms with Gasteiger partial charge in [0.05, 0.1) is 6.42 Å². The van der Waals surface area contributed by atoms with Gasteiger partial charge in [-0.05, 0) is 25.3 Å². The molecule has 134 valence electrons. The lowest BCUT2D eigenvalue weighted by atomic mass is 10.1. The van der Waals surface area contributed by atoms with Gasteiger partial charge in [-0.25, -0.2) is 4.79 Å². The normalized spacial score (nSPS) is 14.8. The highest BCUT2D eigenvalue weighted by atomic mass is 32.2. The summed E-state index contributed by atoms with van der Waals surface area (Å²) >= 11 is 1.58. The van der Waals surface area contributed by atoms with E-state index in [0.717, 1.165) is 9.80 Å². The van der Waals surface area contributed by atoms with Crippen LogP contribution in [-0.2, 0) is 14.3 Å². The van der Waals surface area contributed by atoms with Gasteiger partial charge in [-0.3, -0.25) is 19.3 Å². The first kappa shape index (κ1) is 19.0. The molecule has 1 atom stereocenters. The highest BCUT2D eigenvalue weighted by molar-refractivity contribution is 7.98. The molecule has 0 bridgehead atoms. The zero-order valence-corrected chi connectivity index (χ0v) is 14.9. The quantitative estimate of drug-likeness (QED) is 0.451. The number of nitrogens with one attached hydrogen (secondary N) is 1. The largest absolute Gasteiger partial charge is 0.453 e. The van der Waals surface area contributed by atoms with E-state index in [0.29, 0.717) is 12.1 Å². The van der Waals surface area contributed by atoms with Crippen LogP contribution in [0.2, 0.25) is 0 Å². The van der Waals surface area contributed by atoms with Crippen molar-refractivity contribution < 1.29 is 23.9 Å². The fraction of sp³-hybridized carbons (Fsp3) is 0.412. The van der Waals surface area contributed by atoms with Gasteiger partial charge < -0.3 is 10.1 Å². The lowest BCUT2D eigenvalue weighted by Crippen LogP contribution is -2.41. The molecule has 3 amide bonds. The SMILES string of the molecule is CSc1ccc(C(=O)CCC(=O)O[C@@H](C)C(=O)N2CCNC2=O)cc1. The summed E-state index contributed by atoms with van der Waals surface area (Å²) in [5, 5.41) is 2.50. The van der Waals surface area contributed by atoms with Gasteiger partial charge in [0.25, 0.3) is 5.91 Å². The fourth-order valence-corrected chi connectivity index (χ4v) is 2.75. The first-order valence-electron chi connectivity index (χ1n) is 7.88. The average molecular weight is 364 g/mol. The number of rotatable bonds is 7. The third kappa shape index (κ3) is 5.06. The Morgan fingerprint density at radius 1 is 1.24 bits per heavy atom. The minimum atomic E-state index is -1.06. The molecule has 1 aromatic rings. The molecule has 1 saturated heterocycles. The number of imide groups is 1. The minimum absolute atomic E-state index is 0.00254. The molecule has 2 rings (SSSR count). The van der Waals surface area contributed by atoms with Gasteiger partial charge in [0, 0.05) is 30.0 Å². The summed E-state index contributed by atoms with van der Waals surface area (Å²) in [6, 6.07) is 6.64. The van der Waals surface area contributed by atoms with Gasteiger partial charge in [-0.1, -0.05) is 12.1 Å². The van der Waals surface area contributed by atoms with Crippen LogP contribution in [0, 0.1) is 0 Å². The Bertz CT molecular complexity index is 674. The van der Waals surface area contributed by atoms with Crippen molar-refractivity contribution in [2.24, 2.45) is 0 Å². The molecule has 0 aliphatic carbocycles. The van der Waals surface area contributed by atoms with Crippen molar-refractivity contribution in [3.63, 3.8) is 0 Å². The van der Waals surface area contributed by atoms with Gasteiger partial charge in [0.2, 0.25) is 0 Å². The van der Waals surface area contributed by atoms with E-state index in [1.54, 1.807) is 23.9 Å². The van der Waals surface area contributed by atoms with Crippen LogP contribution in [0.25, 0.3) is 0 Å². The Hall–Kier alpha value is -2.35. The number of amides is 3. The number of carbonyl (C=O) groups excluding carboxylic acids is 4. The van der Waals surface area contributed by atoms with E-state index in [4.69, 9.17) is 4.74 Å². The van der Waals surface area contributed by atoms with E-state index < -0.39 is 24.0 Å². The number of nitrogens with zero attached hydrogens (tertiary/aromatic N) is 1. The van der Waals surface area contributed by atoms with Gasteiger partial charge in [0.1, 0.15) is 0 Å². The molecule has 0 radical (unpaired) electrons. The highest BCUT2D eigenvalue weighted by Gasteiger charge is 2.31. The molecule has 1 aliphatic rings. The second-order valence-electron chi connectivity index (χ2n) is 5.51. The maximum Gasteiger partial charge on any atom is 0.324 e. The van der Waals surface area contributed by atoms with Crippen molar-refractivity contribution in [2.45, 2.75) is 30.8 Å². The van der Waals surface area contributed by atoms with E-state index in [1.807, 2.05) is 18.4 Å². The van der Waals surface area contributed by atoms with Gasteiger partial charge >= 0.3 is 12.0 Å². The summed E-state index contributed by atoms with van der Waals surface area (Å²) in [7, 11) is 0. The van der Waals surface area contributed by atoms with Crippen LogP contribution >= 0.6 is 11.8 Å². The molecular weight excluding hydrogens is 344 g/mol. The first-order valence-corrected chi connectivity index (χ1v) is 9.10. The van der Waals surface area contributed by atoms with Crippen LogP contribution < -0.4 is 5.32 Å². The number of hydrogen-bond acceptors (Lipinski definition) is 6. The number of hydrogen-bond donors (Lipinski definition) is 1. The average Bonchev–Trinajstić information content (AvgIpc) is 3.04. The third-order valence-electron chi connectivity index (χ3n) is 3.75. The Morgan fingerprint density at radius 2 is 1.92 bits per heavy atom. The zero-order valence-electron chi connectivity index (χ0n) is 14.1. The first-order chi connectivity index (χ1) is 11.9. The second kappa shape index (κ2) is 8.66. The number of ether oxygens (including phenoxy) is 1. The summed E-state index contributed by atoms with van der Waals surface area (Å²) in [4.78, 5) is 49.4. The number of urea groups is 1. The summed E-state index contributed by atoms with van der Waals surface area (Å²) in [6.45, 7) is 2.05. The molecule has 8 heteroatoms. The van der Waals surface area contributed by atoms with E-state index in [9.17, 15) is 19.2 Å². The van der Waals surface area contributed by atoms with Crippen molar-refractivity contribution in [3.8, 4) is 0 Å². The standard InChI is InChI=1S/C17H20N2O5S/c1-11(16(22)19-10-9-18-17(19)23)24-15(21)8-7-14(20)12-3-5-13(25-2)6-4-12/h3-6,11H,7-10H2,1-2H3,(H,18,23)/t11-/m0/s1. The minimum Gasteiger partial charge on any atom is -0.453 e. The van der Waals surface area contributed by atoms with Crippen LogP contribution in [0.1, 0.15) is 30.1 Å². The van der Waals surface area contributed by atoms with Crippen LogP contribution in [0.4, 0.5) is 4.79 Å². The summed E-state index contributed by atoms with van der Waals surface area (Å²) in [5.41, 5.74) is 0.531. The highest BCUT2D eigenvalue weighted by Crippen LogP contribution is 2.16. The number of ketones is 1. The molecule has 0 unspecified atom stereocenters. The van der Waals surface area contributed by atoms with Crippen LogP contribution in [0.15, 0.2) is 29.2 Å². The Morgan fingerprint density at radius 3 is 2.48 bits per heavy atom. The second-order valence-corrected chi connectivity index (χ2v) is 6.39. The molecule has 7 nitrogen and oxygen atoms in total. The number of carbonyl (C=O) groups is 4. The van der Waals surface area contributed by atoms with Crippen molar-refractivity contribution in [3.05, 3.63) is 29.8 Å². The van der Waals surface area contributed by atoms with Crippen molar-refractivity contribution >= 4 is 35.5 Å². The third-order valence-corrected chi connectivity index (χ3v) is 4.49. The smallest absolute Gasteiger partial charge is 0.324 e. The van der Waals surface area contributed by atoms with E-state index in [1.165, 1.54) is 6.92 Å². The molecule has 1 N–H and O–H groups in total. The molecular formula is C17H20N2O5S. The Balaban J connectivity index is 1.80. The number of Topliss-reactive ketones (excluding diaryl/α,β-unsaturated/α-hetero) is 1. The fourth-order valence-electron chi connectivity index (χ4n) is 2.34. The summed E-state index contributed by atoms with van der Waals surface area (Å²) < 4.78 is 5.03. The van der Waals surface area contributed by atoms with Gasteiger partial charge in [-0.15, -0.1) is 11.8 Å². The van der Waals surface area contributed by atoms with Crippen molar-refractivity contribution in [1.29, 1.82) is 0 Å². The molecule has 0 saturated carbocycles. The van der Waals surface area contributed by atoms with Crippen LogP contribution in [-0.4, -0.2) is 54.0 Å². The molecule has 1 aromatic carbocycles. The van der Waals surface area contributed by atoms with Crippen molar-refractivity contribution in [1.82, 2.24) is 10.2 Å². The Labute approximate surface area is 150 Å². The van der Waals surface area contributed by atoms with E-state index in [-0.39, 0.29) is 25.2 Å². The maximum absolute atomic E-state index is 12.1. The zero-order chi connectivity index (χ0) is 18.4. The van der Waals surface area contributed by atoms with Crippen LogP contribution in [0.5, 0.6) is 0 Å². The van der Waals surface area contributed by atoms with Gasteiger partial charge in [0.15, 0.2) is 11.9 Å². The Kier molecular flexibility index (Phi) is 6.58. The van der Waals surface area contributed by atoms with E-state index in [2.05, 4.69) is 5.32 Å². The molecule has 0 spiro atoms. The lowest BCUT2D eigenvalue weighted by Gasteiger charge is -2.18. The maximum atomic E-state index is 12.1. The monoisotopic (exact) mass is 364 g/mol. The van der Waals surface area contributed by atoms with Gasteiger partial charge in [-0.2, -0.15) is 0 Å². The molecule has 1 aliphatic heterocycles. The predicted molar refractivity (Wildman–Crippen MR) is 92.5 cm³/mol. The topological polar surface area (TPSA) is 92.8 Å². The van der Waals surface area contributed by atoms with Crippen molar-refractivity contribution in [2.75, 3.05) is 19.3 Å². The number of thioether (sulfide) groups is 1. The molecule has 1 fully saturated rings. The number of esters is 1.